The molecule has 1 aliphatic carbocycles. The van der Waals surface area contributed by atoms with Gasteiger partial charge in [-0.05, 0) is 42.7 Å². The van der Waals surface area contributed by atoms with E-state index in [2.05, 4.69) is 9.97 Å². The molecule has 5 rings (SSSR count). The van der Waals surface area contributed by atoms with Gasteiger partial charge in [0.05, 0.1) is 19.2 Å². The number of benzene rings is 1. The average Bonchev–Trinajstić information content (AvgIpc) is 3.29. The fourth-order valence-corrected chi connectivity index (χ4v) is 4.42. The van der Waals surface area contributed by atoms with Crippen LogP contribution in [-0.2, 0) is 11.2 Å². The molecule has 146 valence electrons. The van der Waals surface area contributed by atoms with Gasteiger partial charge in [-0.25, -0.2) is 9.97 Å². The normalized spacial score (nSPS) is 13.6. The molecule has 1 fully saturated rings. The Morgan fingerprint density at radius 3 is 3.03 bits per heavy atom. The number of aromatic nitrogens is 3. The van der Waals surface area contributed by atoms with E-state index in [4.69, 9.17) is 9.72 Å². The molecule has 1 saturated carbocycles. The SMILES string of the molecule is COc1cccc(CC(=O)N(c2nc(-c3c[nH]c4ncccc34)cs2)C2CC2)c1. The number of thiazole rings is 1. The van der Waals surface area contributed by atoms with Crippen molar-refractivity contribution in [2.24, 2.45) is 0 Å². The van der Waals surface area contributed by atoms with Crippen molar-refractivity contribution in [3.8, 4) is 17.0 Å². The van der Waals surface area contributed by atoms with E-state index in [0.29, 0.717) is 6.42 Å². The van der Waals surface area contributed by atoms with Gasteiger partial charge in [-0.15, -0.1) is 11.3 Å². The molecule has 0 saturated heterocycles. The lowest BCUT2D eigenvalue weighted by atomic mass is 10.1. The number of hydrogen-bond donors (Lipinski definition) is 1. The molecular weight excluding hydrogens is 384 g/mol. The number of nitrogens with one attached hydrogen (secondary N) is 1. The number of anilines is 1. The largest absolute Gasteiger partial charge is 0.497 e. The molecule has 0 spiro atoms. The highest BCUT2D eigenvalue weighted by atomic mass is 32.1. The van der Waals surface area contributed by atoms with Gasteiger partial charge in [0.2, 0.25) is 5.91 Å². The van der Waals surface area contributed by atoms with Crippen LogP contribution in [0.15, 0.2) is 54.2 Å². The second-order valence-corrected chi connectivity index (χ2v) is 7.98. The van der Waals surface area contributed by atoms with Crippen molar-refractivity contribution in [2.45, 2.75) is 25.3 Å². The van der Waals surface area contributed by atoms with Crippen molar-refractivity contribution in [1.29, 1.82) is 0 Å². The van der Waals surface area contributed by atoms with Crippen LogP contribution in [0.3, 0.4) is 0 Å². The summed E-state index contributed by atoms with van der Waals surface area (Å²) >= 11 is 1.51. The second kappa shape index (κ2) is 7.33. The zero-order valence-electron chi connectivity index (χ0n) is 16.0. The molecule has 0 bridgehead atoms. The first kappa shape index (κ1) is 17.9. The summed E-state index contributed by atoms with van der Waals surface area (Å²) in [6.45, 7) is 0. The Kier molecular flexibility index (Phi) is 4.52. The van der Waals surface area contributed by atoms with Crippen LogP contribution in [0.5, 0.6) is 5.75 Å². The Morgan fingerprint density at radius 2 is 2.21 bits per heavy atom. The Bertz CT molecular complexity index is 1180. The fraction of sp³-hybridized carbons (Fsp3) is 0.227. The molecule has 3 aromatic heterocycles. The minimum Gasteiger partial charge on any atom is -0.497 e. The van der Waals surface area contributed by atoms with Gasteiger partial charge in [-0.1, -0.05) is 12.1 Å². The maximum absolute atomic E-state index is 13.1. The predicted molar refractivity (Wildman–Crippen MR) is 114 cm³/mol. The summed E-state index contributed by atoms with van der Waals surface area (Å²) in [6, 6.07) is 11.9. The van der Waals surface area contributed by atoms with Crippen LogP contribution < -0.4 is 9.64 Å². The van der Waals surface area contributed by atoms with E-state index in [0.717, 1.165) is 51.6 Å². The number of pyridine rings is 1. The first-order valence-corrected chi connectivity index (χ1v) is 10.4. The number of nitrogens with zero attached hydrogens (tertiary/aromatic N) is 3. The van der Waals surface area contributed by atoms with Gasteiger partial charge in [0, 0.05) is 34.8 Å². The Labute approximate surface area is 172 Å². The Morgan fingerprint density at radius 1 is 1.31 bits per heavy atom. The van der Waals surface area contributed by atoms with Crippen LogP contribution in [0.1, 0.15) is 18.4 Å². The Balaban J connectivity index is 1.43. The van der Waals surface area contributed by atoms with Crippen molar-refractivity contribution in [3.05, 3.63) is 59.7 Å². The van der Waals surface area contributed by atoms with Gasteiger partial charge >= 0.3 is 0 Å². The van der Waals surface area contributed by atoms with Gasteiger partial charge < -0.3 is 9.72 Å². The number of carbonyl (C=O) groups excluding carboxylic acids is 1. The summed E-state index contributed by atoms with van der Waals surface area (Å²) in [5.74, 6) is 0.833. The highest BCUT2D eigenvalue weighted by molar-refractivity contribution is 7.14. The third-order valence-electron chi connectivity index (χ3n) is 5.10. The number of amides is 1. The van der Waals surface area contributed by atoms with Crippen molar-refractivity contribution in [1.82, 2.24) is 15.0 Å². The van der Waals surface area contributed by atoms with E-state index < -0.39 is 0 Å². The van der Waals surface area contributed by atoms with E-state index in [9.17, 15) is 4.79 Å². The summed E-state index contributed by atoms with van der Waals surface area (Å²) < 4.78 is 5.28. The number of carbonyl (C=O) groups is 1. The zero-order chi connectivity index (χ0) is 19.8. The van der Waals surface area contributed by atoms with E-state index in [1.54, 1.807) is 13.3 Å². The van der Waals surface area contributed by atoms with Crippen LogP contribution in [0.4, 0.5) is 5.13 Å². The highest BCUT2D eigenvalue weighted by Gasteiger charge is 2.35. The van der Waals surface area contributed by atoms with Crippen molar-refractivity contribution in [3.63, 3.8) is 0 Å². The maximum atomic E-state index is 13.1. The number of H-pyrrole nitrogens is 1. The monoisotopic (exact) mass is 404 g/mol. The quantitative estimate of drug-likeness (QED) is 0.516. The molecular formula is C22H20N4O2S. The number of aromatic amines is 1. The molecule has 1 aromatic carbocycles. The lowest BCUT2D eigenvalue weighted by Crippen LogP contribution is -2.34. The summed E-state index contributed by atoms with van der Waals surface area (Å²) in [5.41, 5.74) is 3.65. The number of methoxy groups -OCH3 is 1. The molecule has 0 unspecified atom stereocenters. The minimum atomic E-state index is 0.0715. The number of ether oxygens (including phenoxy) is 1. The minimum absolute atomic E-state index is 0.0715. The first-order chi connectivity index (χ1) is 14.2. The topological polar surface area (TPSA) is 71.1 Å². The summed E-state index contributed by atoms with van der Waals surface area (Å²) in [7, 11) is 1.63. The van der Waals surface area contributed by atoms with Gasteiger partial charge in [0.1, 0.15) is 11.4 Å². The first-order valence-electron chi connectivity index (χ1n) is 9.56. The van der Waals surface area contributed by atoms with Gasteiger partial charge in [0.25, 0.3) is 0 Å². The average molecular weight is 404 g/mol. The van der Waals surface area contributed by atoms with Crippen LogP contribution in [0.2, 0.25) is 0 Å². The number of fused-ring (bicyclic) bond motifs is 1. The van der Waals surface area contributed by atoms with Crippen LogP contribution in [0.25, 0.3) is 22.3 Å². The van der Waals surface area contributed by atoms with Crippen LogP contribution in [-0.4, -0.2) is 34.0 Å². The van der Waals surface area contributed by atoms with E-state index in [-0.39, 0.29) is 11.9 Å². The molecule has 0 atom stereocenters. The molecule has 7 heteroatoms. The molecule has 0 aliphatic heterocycles. The maximum Gasteiger partial charge on any atom is 0.233 e. The summed E-state index contributed by atoms with van der Waals surface area (Å²) in [4.78, 5) is 27.4. The van der Waals surface area contributed by atoms with Crippen LogP contribution in [0, 0.1) is 0 Å². The van der Waals surface area contributed by atoms with E-state index in [1.807, 2.05) is 52.9 Å². The predicted octanol–water partition coefficient (Wildman–Crippen LogP) is 4.43. The third-order valence-corrected chi connectivity index (χ3v) is 5.94. The number of rotatable bonds is 6. The molecule has 6 nitrogen and oxygen atoms in total. The van der Waals surface area contributed by atoms with Crippen molar-refractivity contribution in [2.75, 3.05) is 12.0 Å². The molecule has 1 amide bonds. The van der Waals surface area contributed by atoms with Gasteiger partial charge in [-0.3, -0.25) is 9.69 Å². The van der Waals surface area contributed by atoms with Crippen molar-refractivity contribution < 1.29 is 9.53 Å². The zero-order valence-corrected chi connectivity index (χ0v) is 16.8. The lowest BCUT2D eigenvalue weighted by Gasteiger charge is -2.19. The summed E-state index contributed by atoms with van der Waals surface area (Å²) in [6.07, 6.45) is 6.07. The van der Waals surface area contributed by atoms with Gasteiger partial charge in [0.15, 0.2) is 5.13 Å². The molecule has 3 heterocycles. The van der Waals surface area contributed by atoms with E-state index >= 15 is 0 Å². The highest BCUT2D eigenvalue weighted by Crippen LogP contribution is 2.37. The smallest absolute Gasteiger partial charge is 0.233 e. The standard InChI is InChI=1S/C22H20N4O2S/c1-28-16-5-2-4-14(10-16)11-20(27)26(15-7-8-15)22-25-19(13-29-22)18-12-24-21-17(18)6-3-9-23-21/h2-6,9-10,12-13,15H,7-8,11H2,1H3,(H,23,24). The van der Waals surface area contributed by atoms with E-state index in [1.165, 1.54) is 11.3 Å². The Hall–Kier alpha value is -3.19. The summed E-state index contributed by atoms with van der Waals surface area (Å²) in [5, 5.41) is 3.80. The molecule has 0 radical (unpaired) electrons. The van der Waals surface area contributed by atoms with Gasteiger partial charge in [-0.2, -0.15) is 0 Å². The second-order valence-electron chi connectivity index (χ2n) is 7.14. The van der Waals surface area contributed by atoms with Crippen molar-refractivity contribution >= 4 is 33.4 Å². The molecule has 4 aromatic rings. The molecule has 29 heavy (non-hydrogen) atoms. The molecule has 1 aliphatic rings. The fourth-order valence-electron chi connectivity index (χ4n) is 3.51. The lowest BCUT2D eigenvalue weighted by molar-refractivity contribution is -0.118. The van der Waals surface area contributed by atoms with Crippen LogP contribution >= 0.6 is 11.3 Å². The third kappa shape index (κ3) is 3.49. The number of hydrogen-bond acceptors (Lipinski definition) is 5. The molecule has 1 N–H and O–H groups in total.